The van der Waals surface area contributed by atoms with Crippen molar-refractivity contribution in [2.75, 3.05) is 18.0 Å². The van der Waals surface area contributed by atoms with Crippen LogP contribution in [0.3, 0.4) is 0 Å². The number of nitrogens with zero attached hydrogens (tertiary/aromatic N) is 2. The second-order valence-corrected chi connectivity index (χ2v) is 5.02. The zero-order valence-electron chi connectivity index (χ0n) is 11.6. The summed E-state index contributed by atoms with van der Waals surface area (Å²) >= 11 is 0. The zero-order valence-corrected chi connectivity index (χ0v) is 11.6. The van der Waals surface area contributed by atoms with E-state index in [1.165, 1.54) is 6.92 Å². The highest BCUT2D eigenvalue weighted by Crippen LogP contribution is 2.34. The van der Waals surface area contributed by atoms with Crippen molar-refractivity contribution in [2.45, 2.75) is 13.3 Å². The van der Waals surface area contributed by atoms with Crippen LogP contribution < -0.4 is 10.2 Å². The number of anilines is 1. The van der Waals surface area contributed by atoms with E-state index >= 15 is 0 Å². The number of carbonyl (C=O) groups excluding carboxylic acids is 2. The number of rotatable bonds is 4. The van der Waals surface area contributed by atoms with Gasteiger partial charge >= 0.3 is 0 Å². The first-order chi connectivity index (χ1) is 10.3. The summed E-state index contributed by atoms with van der Waals surface area (Å²) in [6, 6.07) is 1.10. The van der Waals surface area contributed by atoms with Gasteiger partial charge in [-0.25, -0.2) is 8.78 Å². The van der Waals surface area contributed by atoms with Crippen LogP contribution in [0.5, 0.6) is 0 Å². The number of amides is 2. The van der Waals surface area contributed by atoms with Gasteiger partial charge in [-0.2, -0.15) is 0 Å². The fourth-order valence-electron chi connectivity index (χ4n) is 2.33. The van der Waals surface area contributed by atoms with Crippen molar-refractivity contribution < 1.29 is 23.3 Å². The van der Waals surface area contributed by atoms with Crippen LogP contribution in [0.25, 0.3) is 0 Å². The molecule has 0 bridgehead atoms. The Morgan fingerprint density at radius 3 is 2.68 bits per heavy atom. The van der Waals surface area contributed by atoms with Crippen LogP contribution in [-0.2, 0) is 9.59 Å². The molecule has 7 nitrogen and oxygen atoms in total. The summed E-state index contributed by atoms with van der Waals surface area (Å²) in [7, 11) is 0. The van der Waals surface area contributed by atoms with E-state index in [4.69, 9.17) is 0 Å². The number of nitro groups is 1. The third kappa shape index (κ3) is 3.18. The maximum absolute atomic E-state index is 13.4. The molecule has 0 unspecified atom stereocenters. The number of hydrogen-bond donors (Lipinski definition) is 1. The average molecular weight is 313 g/mol. The minimum absolute atomic E-state index is 0.0659. The maximum atomic E-state index is 13.4. The Morgan fingerprint density at radius 1 is 1.45 bits per heavy atom. The van der Waals surface area contributed by atoms with Crippen LogP contribution in [-0.4, -0.2) is 29.8 Å². The van der Waals surface area contributed by atoms with Gasteiger partial charge in [0.25, 0.3) is 5.69 Å². The Bertz CT molecular complexity index is 650. The van der Waals surface area contributed by atoms with Crippen LogP contribution in [0.2, 0.25) is 0 Å². The lowest BCUT2D eigenvalue weighted by molar-refractivity contribution is -0.384. The first-order valence-corrected chi connectivity index (χ1v) is 6.47. The van der Waals surface area contributed by atoms with Crippen molar-refractivity contribution in [2.24, 2.45) is 5.92 Å². The van der Waals surface area contributed by atoms with Gasteiger partial charge in [0.1, 0.15) is 5.69 Å². The van der Waals surface area contributed by atoms with Crippen LogP contribution >= 0.6 is 0 Å². The molecular formula is C13H13F2N3O4. The van der Waals surface area contributed by atoms with E-state index in [2.05, 4.69) is 5.32 Å². The van der Waals surface area contributed by atoms with Gasteiger partial charge in [0.15, 0.2) is 11.6 Å². The molecule has 0 aliphatic carbocycles. The molecule has 9 heteroatoms. The molecule has 22 heavy (non-hydrogen) atoms. The lowest BCUT2D eigenvalue weighted by Crippen LogP contribution is -2.30. The van der Waals surface area contributed by atoms with E-state index in [1.807, 2.05) is 0 Å². The quantitative estimate of drug-likeness (QED) is 0.671. The topological polar surface area (TPSA) is 92.6 Å². The summed E-state index contributed by atoms with van der Waals surface area (Å²) in [5.74, 6) is -3.56. The highest BCUT2D eigenvalue weighted by molar-refractivity contribution is 5.97. The molecule has 1 atom stereocenters. The Labute approximate surface area is 124 Å². The van der Waals surface area contributed by atoms with Gasteiger partial charge < -0.3 is 10.2 Å². The Morgan fingerprint density at radius 2 is 2.09 bits per heavy atom. The van der Waals surface area contributed by atoms with Crippen molar-refractivity contribution in [1.29, 1.82) is 0 Å². The Hall–Kier alpha value is -2.58. The van der Waals surface area contributed by atoms with Crippen molar-refractivity contribution in [3.63, 3.8) is 0 Å². The molecule has 1 saturated heterocycles. The number of hydrogen-bond acceptors (Lipinski definition) is 4. The molecule has 1 aliphatic rings. The fourth-order valence-corrected chi connectivity index (χ4v) is 2.33. The van der Waals surface area contributed by atoms with Crippen LogP contribution in [0, 0.1) is 27.7 Å². The molecule has 1 fully saturated rings. The van der Waals surface area contributed by atoms with Gasteiger partial charge in [0.2, 0.25) is 11.8 Å². The summed E-state index contributed by atoms with van der Waals surface area (Å²) in [5.41, 5.74) is -0.952. The summed E-state index contributed by atoms with van der Waals surface area (Å²) < 4.78 is 26.5. The Balaban J connectivity index is 2.28. The molecule has 0 saturated carbocycles. The zero-order chi connectivity index (χ0) is 16.4. The number of halogens is 2. The van der Waals surface area contributed by atoms with Gasteiger partial charge in [-0.05, 0) is 0 Å². The van der Waals surface area contributed by atoms with E-state index in [0.29, 0.717) is 12.1 Å². The highest BCUT2D eigenvalue weighted by atomic mass is 19.2. The van der Waals surface area contributed by atoms with Crippen LogP contribution in [0.15, 0.2) is 12.1 Å². The third-order valence-electron chi connectivity index (χ3n) is 3.35. The lowest BCUT2D eigenvalue weighted by atomic mass is 10.1. The maximum Gasteiger partial charge on any atom is 0.296 e. The molecule has 0 aromatic heterocycles. The molecular weight excluding hydrogens is 300 g/mol. The van der Waals surface area contributed by atoms with Crippen molar-refractivity contribution >= 4 is 23.2 Å². The van der Waals surface area contributed by atoms with Gasteiger partial charge in [0.05, 0.1) is 11.0 Å². The minimum Gasteiger partial charge on any atom is -0.356 e. The molecule has 2 rings (SSSR count). The number of nitrogens with one attached hydrogen (secondary N) is 1. The molecule has 1 aromatic rings. The lowest BCUT2D eigenvalue weighted by Gasteiger charge is -2.17. The normalized spacial score (nSPS) is 17.7. The van der Waals surface area contributed by atoms with Crippen LogP contribution in [0.1, 0.15) is 13.3 Å². The van der Waals surface area contributed by atoms with E-state index in [0.717, 1.165) is 4.90 Å². The summed E-state index contributed by atoms with van der Waals surface area (Å²) in [6.45, 7) is 1.65. The highest BCUT2D eigenvalue weighted by Gasteiger charge is 2.35. The number of carbonyl (C=O) groups is 2. The predicted molar refractivity (Wildman–Crippen MR) is 72.2 cm³/mol. The molecule has 1 N–H and O–H groups in total. The monoisotopic (exact) mass is 313 g/mol. The van der Waals surface area contributed by atoms with Gasteiger partial charge in [-0.3, -0.25) is 19.7 Å². The van der Waals surface area contributed by atoms with Crippen molar-refractivity contribution in [3.05, 3.63) is 33.9 Å². The Kier molecular flexibility index (Phi) is 4.34. The molecule has 1 aromatic carbocycles. The number of nitro benzene ring substituents is 1. The second kappa shape index (κ2) is 6.04. The minimum atomic E-state index is -1.35. The SMILES string of the molecule is CC(=O)NC[C@@H]1CC(=O)N(c2cc(F)c(F)cc2[N+](=O)[O-])C1. The molecule has 1 aliphatic heterocycles. The predicted octanol–water partition coefficient (Wildman–Crippen LogP) is 1.36. The van der Waals surface area contributed by atoms with Crippen molar-refractivity contribution in [3.8, 4) is 0 Å². The molecule has 0 radical (unpaired) electrons. The summed E-state index contributed by atoms with van der Waals surface area (Å²) in [4.78, 5) is 34.0. The van der Waals surface area contributed by atoms with Crippen molar-refractivity contribution in [1.82, 2.24) is 5.32 Å². The average Bonchev–Trinajstić information content (AvgIpc) is 2.80. The fraction of sp³-hybridized carbons (Fsp3) is 0.385. The second-order valence-electron chi connectivity index (χ2n) is 5.02. The largest absolute Gasteiger partial charge is 0.356 e. The summed E-state index contributed by atoms with van der Waals surface area (Å²) in [5, 5.41) is 13.5. The molecule has 1 heterocycles. The van der Waals surface area contributed by atoms with Gasteiger partial charge in [-0.1, -0.05) is 0 Å². The van der Waals surface area contributed by atoms with E-state index in [1.54, 1.807) is 0 Å². The smallest absolute Gasteiger partial charge is 0.296 e. The standard InChI is InChI=1S/C13H13F2N3O4/c1-7(19)16-5-8-2-13(20)17(6-8)11-3-9(14)10(15)4-12(11)18(21)22/h3-4,8H,2,5-6H2,1H3,(H,16,19)/t8-/m0/s1. The van der Waals surface area contributed by atoms with Crippen LogP contribution in [0.4, 0.5) is 20.2 Å². The third-order valence-corrected chi connectivity index (χ3v) is 3.35. The number of benzene rings is 1. The summed E-state index contributed by atoms with van der Waals surface area (Å²) in [6.07, 6.45) is 0.0659. The molecule has 0 spiro atoms. The van der Waals surface area contributed by atoms with E-state index < -0.39 is 28.2 Å². The van der Waals surface area contributed by atoms with Gasteiger partial charge in [-0.15, -0.1) is 0 Å². The van der Waals surface area contributed by atoms with E-state index in [9.17, 15) is 28.5 Å². The first-order valence-electron chi connectivity index (χ1n) is 6.47. The molecule has 118 valence electrons. The van der Waals surface area contributed by atoms with Gasteiger partial charge in [0, 0.05) is 38.4 Å². The molecule has 2 amide bonds. The van der Waals surface area contributed by atoms with E-state index in [-0.39, 0.29) is 37.0 Å². The first kappa shape index (κ1) is 15.8.